The van der Waals surface area contributed by atoms with Crippen molar-refractivity contribution in [3.63, 3.8) is 0 Å². The predicted molar refractivity (Wildman–Crippen MR) is 51.4 cm³/mol. The zero-order valence-corrected chi connectivity index (χ0v) is 7.94. The first-order valence-electron chi connectivity index (χ1n) is 4.39. The van der Waals surface area contributed by atoms with E-state index in [1.165, 1.54) is 6.07 Å². The highest BCUT2D eigenvalue weighted by Gasteiger charge is 2.18. The zero-order valence-electron chi connectivity index (χ0n) is 7.19. The van der Waals surface area contributed by atoms with Crippen molar-refractivity contribution in [3.8, 4) is 0 Å². The number of halogens is 2. The van der Waals surface area contributed by atoms with Crippen LogP contribution in [0.25, 0.3) is 0 Å². The van der Waals surface area contributed by atoms with Gasteiger partial charge in [-0.15, -0.1) is 0 Å². The molecule has 1 unspecified atom stereocenters. The van der Waals surface area contributed by atoms with E-state index in [-0.39, 0.29) is 11.9 Å². The minimum absolute atomic E-state index is 0.176. The van der Waals surface area contributed by atoms with E-state index < -0.39 is 0 Å². The maximum atomic E-state index is 12.9. The summed E-state index contributed by atoms with van der Waals surface area (Å²) in [6.45, 7) is 0. The minimum atomic E-state index is -0.251. The molecule has 1 nitrogen and oxygen atoms in total. The van der Waals surface area contributed by atoms with E-state index in [0.717, 1.165) is 30.4 Å². The zero-order chi connectivity index (χ0) is 9.42. The van der Waals surface area contributed by atoms with Gasteiger partial charge in [0, 0.05) is 11.1 Å². The number of nitrogens with two attached hydrogens (primary N) is 1. The van der Waals surface area contributed by atoms with Crippen LogP contribution in [0, 0.1) is 5.82 Å². The largest absolute Gasteiger partial charge is 0.327 e. The topological polar surface area (TPSA) is 26.0 Å². The van der Waals surface area contributed by atoms with Crippen molar-refractivity contribution in [1.29, 1.82) is 0 Å². The third-order valence-corrected chi connectivity index (χ3v) is 2.84. The second-order valence-corrected chi connectivity index (χ2v) is 3.94. The summed E-state index contributed by atoms with van der Waals surface area (Å²) in [4.78, 5) is 0. The molecule has 1 aliphatic rings. The first-order chi connectivity index (χ1) is 6.16. The number of aryl methyl sites for hydroxylation is 1. The summed E-state index contributed by atoms with van der Waals surface area (Å²) in [6, 6.07) is 3.10. The Morgan fingerprint density at radius 1 is 1.46 bits per heavy atom. The lowest BCUT2D eigenvalue weighted by Crippen LogP contribution is -2.28. The molecule has 1 aliphatic carbocycles. The van der Waals surface area contributed by atoms with Crippen LogP contribution in [0.1, 0.15) is 17.5 Å². The number of rotatable bonds is 0. The summed E-state index contributed by atoms with van der Waals surface area (Å²) in [6.07, 6.45) is 2.54. The molecular weight excluding hydrogens is 189 g/mol. The van der Waals surface area contributed by atoms with Crippen molar-refractivity contribution < 1.29 is 4.39 Å². The average molecular weight is 200 g/mol. The summed E-state index contributed by atoms with van der Waals surface area (Å²) in [5, 5.41) is 0.519. The lowest BCUT2D eigenvalue weighted by Gasteiger charge is -2.22. The Morgan fingerprint density at radius 2 is 2.23 bits per heavy atom. The van der Waals surface area contributed by atoms with Gasteiger partial charge in [0.1, 0.15) is 5.82 Å². The second-order valence-electron chi connectivity index (χ2n) is 3.53. The van der Waals surface area contributed by atoms with Gasteiger partial charge in [0.2, 0.25) is 0 Å². The number of hydrogen-bond acceptors (Lipinski definition) is 1. The quantitative estimate of drug-likeness (QED) is 0.682. The maximum Gasteiger partial charge on any atom is 0.124 e. The Bertz CT molecular complexity index is 338. The fraction of sp³-hybridized carbons (Fsp3) is 0.400. The molecule has 0 spiro atoms. The Labute approximate surface area is 81.7 Å². The molecule has 0 aromatic heterocycles. The van der Waals surface area contributed by atoms with Crippen LogP contribution in [-0.4, -0.2) is 6.04 Å². The van der Waals surface area contributed by atoms with E-state index in [1.807, 2.05) is 0 Å². The molecule has 1 aromatic carbocycles. The summed E-state index contributed by atoms with van der Waals surface area (Å²) in [5.41, 5.74) is 7.85. The summed E-state index contributed by atoms with van der Waals surface area (Å²) in [5.74, 6) is -0.251. The summed E-state index contributed by atoms with van der Waals surface area (Å²) in [7, 11) is 0. The normalized spacial score (nSPS) is 21.3. The van der Waals surface area contributed by atoms with Gasteiger partial charge >= 0.3 is 0 Å². The standard InChI is InChI=1S/C10H11ClFN/c11-10-4-7(12)3-6-1-2-8(13)5-9(6)10/h3-4,8H,1-2,5,13H2. The van der Waals surface area contributed by atoms with Gasteiger partial charge in [-0.2, -0.15) is 0 Å². The molecule has 0 amide bonds. The minimum Gasteiger partial charge on any atom is -0.327 e. The molecule has 0 saturated carbocycles. The van der Waals surface area contributed by atoms with Crippen molar-refractivity contribution in [2.75, 3.05) is 0 Å². The van der Waals surface area contributed by atoms with Crippen LogP contribution in [0.15, 0.2) is 12.1 Å². The fourth-order valence-electron chi connectivity index (χ4n) is 1.81. The van der Waals surface area contributed by atoms with Crippen LogP contribution in [0.5, 0.6) is 0 Å². The number of fused-ring (bicyclic) bond motifs is 1. The Hall–Kier alpha value is -0.600. The first kappa shape index (κ1) is 8.97. The molecule has 0 saturated heterocycles. The lowest BCUT2D eigenvalue weighted by molar-refractivity contribution is 0.566. The monoisotopic (exact) mass is 199 g/mol. The van der Waals surface area contributed by atoms with Gasteiger partial charge in [0.05, 0.1) is 0 Å². The number of benzene rings is 1. The van der Waals surface area contributed by atoms with Crippen LogP contribution < -0.4 is 5.73 Å². The van der Waals surface area contributed by atoms with Crippen LogP contribution in [0.2, 0.25) is 5.02 Å². The lowest BCUT2D eigenvalue weighted by atomic mass is 9.89. The molecule has 0 heterocycles. The fourth-order valence-corrected chi connectivity index (χ4v) is 2.12. The molecule has 1 aromatic rings. The smallest absolute Gasteiger partial charge is 0.124 e. The van der Waals surface area contributed by atoms with Crippen molar-refractivity contribution >= 4 is 11.6 Å². The van der Waals surface area contributed by atoms with Crippen molar-refractivity contribution in [2.45, 2.75) is 25.3 Å². The van der Waals surface area contributed by atoms with E-state index in [0.29, 0.717) is 5.02 Å². The van der Waals surface area contributed by atoms with Gasteiger partial charge in [0.25, 0.3) is 0 Å². The van der Waals surface area contributed by atoms with Gasteiger partial charge in [-0.25, -0.2) is 4.39 Å². The Kier molecular flexibility index (Phi) is 2.26. The molecule has 0 bridgehead atoms. The van der Waals surface area contributed by atoms with Gasteiger partial charge in [0.15, 0.2) is 0 Å². The third kappa shape index (κ3) is 1.69. The molecular formula is C10H11ClFN. The van der Waals surface area contributed by atoms with E-state index in [4.69, 9.17) is 17.3 Å². The molecule has 0 radical (unpaired) electrons. The molecule has 2 N–H and O–H groups in total. The van der Waals surface area contributed by atoms with E-state index in [9.17, 15) is 4.39 Å². The molecule has 70 valence electrons. The van der Waals surface area contributed by atoms with E-state index in [2.05, 4.69) is 0 Å². The molecule has 13 heavy (non-hydrogen) atoms. The summed E-state index contributed by atoms with van der Waals surface area (Å²) >= 11 is 5.92. The van der Waals surface area contributed by atoms with Crippen molar-refractivity contribution in [2.24, 2.45) is 5.73 Å². The molecule has 0 aliphatic heterocycles. The molecule has 1 atom stereocenters. The van der Waals surface area contributed by atoms with Crippen LogP contribution in [0.3, 0.4) is 0 Å². The second kappa shape index (κ2) is 3.28. The Balaban J connectivity index is 2.47. The van der Waals surface area contributed by atoms with Crippen molar-refractivity contribution in [3.05, 3.63) is 34.1 Å². The first-order valence-corrected chi connectivity index (χ1v) is 4.77. The van der Waals surface area contributed by atoms with Gasteiger partial charge in [-0.3, -0.25) is 0 Å². The third-order valence-electron chi connectivity index (χ3n) is 2.50. The highest BCUT2D eigenvalue weighted by Crippen LogP contribution is 2.28. The van der Waals surface area contributed by atoms with Crippen LogP contribution in [-0.2, 0) is 12.8 Å². The van der Waals surface area contributed by atoms with Gasteiger partial charge in [-0.1, -0.05) is 11.6 Å². The average Bonchev–Trinajstić information content (AvgIpc) is 2.06. The summed E-state index contributed by atoms with van der Waals surface area (Å²) < 4.78 is 12.9. The van der Waals surface area contributed by atoms with Gasteiger partial charge in [-0.05, 0) is 42.5 Å². The Morgan fingerprint density at radius 3 is 3.00 bits per heavy atom. The highest BCUT2D eigenvalue weighted by atomic mass is 35.5. The van der Waals surface area contributed by atoms with E-state index >= 15 is 0 Å². The van der Waals surface area contributed by atoms with Crippen molar-refractivity contribution in [1.82, 2.24) is 0 Å². The maximum absolute atomic E-state index is 12.9. The molecule has 3 heteroatoms. The predicted octanol–water partition coefficient (Wildman–Crippen LogP) is 2.30. The van der Waals surface area contributed by atoms with E-state index in [1.54, 1.807) is 6.07 Å². The highest BCUT2D eigenvalue weighted by molar-refractivity contribution is 6.31. The van der Waals surface area contributed by atoms with Crippen LogP contribution >= 0.6 is 11.6 Å². The number of hydrogen-bond donors (Lipinski definition) is 1. The van der Waals surface area contributed by atoms with Crippen LogP contribution in [0.4, 0.5) is 4.39 Å². The SMILES string of the molecule is NC1CCc2cc(F)cc(Cl)c2C1. The molecule has 2 rings (SSSR count). The molecule has 0 fully saturated rings. The van der Waals surface area contributed by atoms with Gasteiger partial charge < -0.3 is 5.73 Å².